The smallest absolute Gasteiger partial charge is 0.371 e. The van der Waals surface area contributed by atoms with Crippen LogP contribution in [-0.2, 0) is 5.75 Å². The second-order valence-corrected chi connectivity index (χ2v) is 5.50. The highest BCUT2D eigenvalue weighted by Gasteiger charge is 2.10. The number of carboxylic acids is 1. The third-order valence-corrected chi connectivity index (χ3v) is 4.12. The zero-order chi connectivity index (χ0) is 13.8. The topological polar surface area (TPSA) is 76.5 Å². The number of aromatic carboxylic acids is 1. The van der Waals surface area contributed by atoms with E-state index in [0.717, 1.165) is 28.9 Å². The summed E-state index contributed by atoms with van der Waals surface area (Å²) in [5.41, 5.74) is 7.62. The first-order chi connectivity index (χ1) is 9.10. The maximum Gasteiger partial charge on any atom is 0.371 e. The quantitative estimate of drug-likeness (QED) is 0.849. The summed E-state index contributed by atoms with van der Waals surface area (Å²) in [6.45, 7) is 2.08. The van der Waals surface area contributed by atoms with Crippen LogP contribution in [0, 0.1) is 0 Å². The summed E-state index contributed by atoms with van der Waals surface area (Å²) in [4.78, 5) is 10.8. The number of hydrogen-bond donors (Lipinski definition) is 2. The molecule has 4 nitrogen and oxygen atoms in total. The van der Waals surface area contributed by atoms with Crippen LogP contribution < -0.4 is 5.73 Å². The summed E-state index contributed by atoms with van der Waals surface area (Å²) in [6, 6.07) is 7.54. The maximum atomic E-state index is 10.8. The number of furan rings is 1. The van der Waals surface area contributed by atoms with Gasteiger partial charge in [0, 0.05) is 22.9 Å². The minimum Gasteiger partial charge on any atom is -0.475 e. The van der Waals surface area contributed by atoms with Crippen molar-refractivity contribution < 1.29 is 14.3 Å². The Labute approximate surface area is 116 Å². The van der Waals surface area contributed by atoms with Gasteiger partial charge in [0.05, 0.1) is 0 Å². The zero-order valence-electron chi connectivity index (χ0n) is 10.8. The molecule has 19 heavy (non-hydrogen) atoms. The normalized spacial score (nSPS) is 12.7. The number of thioether (sulfide) groups is 1. The van der Waals surface area contributed by atoms with Crippen LogP contribution in [0.15, 0.2) is 28.7 Å². The Kier molecular flexibility index (Phi) is 4.50. The number of carbonyl (C=O) groups is 1. The molecule has 1 unspecified atom stereocenters. The lowest BCUT2D eigenvalue weighted by molar-refractivity contribution is 0.0665. The molecule has 2 aromatic rings. The van der Waals surface area contributed by atoms with Crippen molar-refractivity contribution in [3.63, 3.8) is 0 Å². The van der Waals surface area contributed by atoms with Crippen molar-refractivity contribution in [1.82, 2.24) is 0 Å². The molecule has 5 heteroatoms. The first-order valence-corrected chi connectivity index (χ1v) is 7.34. The van der Waals surface area contributed by atoms with E-state index >= 15 is 0 Å². The van der Waals surface area contributed by atoms with Crippen LogP contribution in [0.5, 0.6) is 0 Å². The molecule has 1 aromatic heterocycles. The molecule has 0 radical (unpaired) electrons. The van der Waals surface area contributed by atoms with Gasteiger partial charge in [0.25, 0.3) is 0 Å². The van der Waals surface area contributed by atoms with E-state index in [0.29, 0.717) is 5.58 Å². The van der Waals surface area contributed by atoms with E-state index in [1.165, 1.54) is 0 Å². The Bertz CT molecular complexity index is 579. The first-order valence-electron chi connectivity index (χ1n) is 6.19. The molecule has 3 N–H and O–H groups in total. The van der Waals surface area contributed by atoms with Crippen LogP contribution in [0.3, 0.4) is 0 Å². The second-order valence-electron chi connectivity index (χ2n) is 4.47. The molecule has 0 amide bonds. The summed E-state index contributed by atoms with van der Waals surface area (Å²) in [5, 5.41) is 9.70. The highest BCUT2D eigenvalue weighted by Crippen LogP contribution is 2.23. The molecular formula is C14H17NO3S. The van der Waals surface area contributed by atoms with Crippen molar-refractivity contribution >= 4 is 28.7 Å². The van der Waals surface area contributed by atoms with E-state index in [4.69, 9.17) is 15.3 Å². The SMILES string of the molecule is CCC(N)CSCc1ccc2oc(C(=O)O)cc2c1. The molecule has 0 aliphatic carbocycles. The highest BCUT2D eigenvalue weighted by atomic mass is 32.2. The van der Waals surface area contributed by atoms with Gasteiger partial charge in [-0.05, 0) is 30.2 Å². The molecule has 1 aromatic carbocycles. The predicted molar refractivity (Wildman–Crippen MR) is 77.6 cm³/mol. The summed E-state index contributed by atoms with van der Waals surface area (Å²) in [7, 11) is 0. The lowest BCUT2D eigenvalue weighted by atomic mass is 10.2. The molecule has 2 rings (SSSR count). The molecule has 0 saturated carbocycles. The van der Waals surface area contributed by atoms with Gasteiger partial charge in [-0.3, -0.25) is 0 Å². The highest BCUT2D eigenvalue weighted by molar-refractivity contribution is 7.98. The number of nitrogens with two attached hydrogens (primary N) is 1. The molecule has 102 valence electrons. The van der Waals surface area contributed by atoms with Gasteiger partial charge in [-0.25, -0.2) is 4.79 Å². The van der Waals surface area contributed by atoms with Crippen molar-refractivity contribution in [3.8, 4) is 0 Å². The summed E-state index contributed by atoms with van der Waals surface area (Å²) in [5.74, 6) is 0.742. The van der Waals surface area contributed by atoms with Crippen molar-refractivity contribution in [2.45, 2.75) is 25.1 Å². The Balaban J connectivity index is 2.06. The van der Waals surface area contributed by atoms with E-state index in [1.807, 2.05) is 18.2 Å². The second kappa shape index (κ2) is 6.12. The van der Waals surface area contributed by atoms with Gasteiger partial charge in [-0.15, -0.1) is 0 Å². The number of benzene rings is 1. The van der Waals surface area contributed by atoms with E-state index in [9.17, 15) is 4.79 Å². The van der Waals surface area contributed by atoms with Gasteiger partial charge in [0.15, 0.2) is 0 Å². The van der Waals surface area contributed by atoms with E-state index in [1.54, 1.807) is 17.8 Å². The Morgan fingerprint density at radius 2 is 2.26 bits per heavy atom. The van der Waals surface area contributed by atoms with Crippen LogP contribution in [-0.4, -0.2) is 22.9 Å². The minimum atomic E-state index is -1.04. The third-order valence-electron chi connectivity index (χ3n) is 2.92. The van der Waals surface area contributed by atoms with Crippen LogP contribution in [0.25, 0.3) is 11.0 Å². The van der Waals surface area contributed by atoms with E-state index in [2.05, 4.69) is 6.92 Å². The molecular weight excluding hydrogens is 262 g/mol. The number of rotatable bonds is 6. The lowest BCUT2D eigenvalue weighted by Gasteiger charge is -2.07. The molecule has 1 atom stereocenters. The molecule has 1 heterocycles. The minimum absolute atomic E-state index is 0.0205. The molecule has 0 bridgehead atoms. The first kappa shape index (κ1) is 14.0. The molecule has 0 saturated heterocycles. The van der Waals surface area contributed by atoms with Gasteiger partial charge in [-0.2, -0.15) is 11.8 Å². The average molecular weight is 279 g/mol. The molecule has 0 aliphatic heterocycles. The molecule has 0 spiro atoms. The zero-order valence-corrected chi connectivity index (χ0v) is 11.6. The fourth-order valence-corrected chi connectivity index (χ4v) is 2.81. The van der Waals surface area contributed by atoms with Crippen molar-refractivity contribution in [2.75, 3.05) is 5.75 Å². The molecule has 0 fully saturated rings. The van der Waals surface area contributed by atoms with Crippen LogP contribution in [0.2, 0.25) is 0 Å². The van der Waals surface area contributed by atoms with Gasteiger partial charge in [-0.1, -0.05) is 13.0 Å². The van der Waals surface area contributed by atoms with Crippen LogP contribution >= 0.6 is 11.8 Å². The fourth-order valence-electron chi connectivity index (χ4n) is 1.73. The third kappa shape index (κ3) is 3.52. The van der Waals surface area contributed by atoms with Crippen molar-refractivity contribution in [3.05, 3.63) is 35.6 Å². The fraction of sp³-hybridized carbons (Fsp3) is 0.357. The van der Waals surface area contributed by atoms with Gasteiger partial charge >= 0.3 is 5.97 Å². The van der Waals surface area contributed by atoms with E-state index in [-0.39, 0.29) is 11.8 Å². The van der Waals surface area contributed by atoms with Crippen LogP contribution in [0.1, 0.15) is 29.5 Å². The van der Waals surface area contributed by atoms with E-state index < -0.39 is 5.97 Å². The molecule has 0 aliphatic rings. The average Bonchev–Trinajstić information content (AvgIpc) is 2.81. The lowest BCUT2D eigenvalue weighted by Crippen LogP contribution is -2.21. The Hall–Kier alpha value is -1.46. The summed E-state index contributed by atoms with van der Waals surface area (Å²) >= 11 is 1.79. The Morgan fingerprint density at radius 3 is 2.95 bits per heavy atom. The van der Waals surface area contributed by atoms with Gasteiger partial charge < -0.3 is 15.3 Å². The van der Waals surface area contributed by atoms with Gasteiger partial charge in [0.2, 0.25) is 5.76 Å². The standard InChI is InChI=1S/C14H17NO3S/c1-2-11(15)8-19-7-9-3-4-12-10(5-9)6-13(18-12)14(16)17/h3-6,11H,2,7-8,15H2,1H3,(H,16,17). The van der Waals surface area contributed by atoms with Crippen molar-refractivity contribution in [2.24, 2.45) is 5.73 Å². The summed E-state index contributed by atoms with van der Waals surface area (Å²) in [6.07, 6.45) is 0.982. The monoisotopic (exact) mass is 279 g/mol. The van der Waals surface area contributed by atoms with Crippen LogP contribution in [0.4, 0.5) is 0 Å². The van der Waals surface area contributed by atoms with Gasteiger partial charge in [0.1, 0.15) is 5.58 Å². The largest absolute Gasteiger partial charge is 0.475 e. The number of fused-ring (bicyclic) bond motifs is 1. The number of hydrogen-bond acceptors (Lipinski definition) is 4. The summed E-state index contributed by atoms with van der Waals surface area (Å²) < 4.78 is 5.22. The van der Waals surface area contributed by atoms with Crippen molar-refractivity contribution in [1.29, 1.82) is 0 Å². The predicted octanol–water partition coefficient (Wildman–Crippen LogP) is 3.10. The number of carboxylic acid groups (broad SMARTS) is 1. The Morgan fingerprint density at radius 1 is 1.47 bits per heavy atom. The maximum absolute atomic E-state index is 10.8.